The molecule has 142 valence electrons. The molecule has 0 fully saturated rings. The van der Waals surface area contributed by atoms with Crippen LogP contribution in [0.25, 0.3) is 10.8 Å². The fourth-order valence-electron chi connectivity index (χ4n) is 3.53. The third-order valence-corrected chi connectivity index (χ3v) is 6.22. The predicted molar refractivity (Wildman–Crippen MR) is 116 cm³/mol. The van der Waals surface area contributed by atoms with Crippen LogP contribution in [0.2, 0.25) is 0 Å². The molecule has 2 unspecified atom stereocenters. The van der Waals surface area contributed by atoms with Gasteiger partial charge in [-0.05, 0) is 51.4 Å². The predicted octanol–water partition coefficient (Wildman–Crippen LogP) is 4.06. The van der Waals surface area contributed by atoms with Gasteiger partial charge >= 0.3 is 5.97 Å². The number of fused-ring (bicyclic) bond motifs is 1. The van der Waals surface area contributed by atoms with Crippen molar-refractivity contribution in [3.8, 4) is 0 Å². The van der Waals surface area contributed by atoms with E-state index in [1.54, 1.807) is 6.07 Å². The van der Waals surface area contributed by atoms with Crippen molar-refractivity contribution in [2.75, 3.05) is 7.11 Å². The molecule has 6 heteroatoms. The van der Waals surface area contributed by atoms with Gasteiger partial charge in [0.1, 0.15) is 21.7 Å². The Kier molecular flexibility index (Phi) is 6.26. The van der Waals surface area contributed by atoms with Crippen LogP contribution in [0.5, 0.6) is 0 Å². The molecule has 1 heterocycles. The first-order chi connectivity index (χ1) is 13.0. The maximum absolute atomic E-state index is 12.1. The summed E-state index contributed by atoms with van der Waals surface area (Å²) in [6, 6.07) is 11.4. The minimum absolute atomic E-state index is 0.0253. The molecule has 0 aromatic heterocycles. The fourth-order valence-corrected chi connectivity index (χ4v) is 4.34. The highest BCUT2D eigenvalue weighted by Gasteiger charge is 2.41. The molecule has 0 spiro atoms. The summed E-state index contributed by atoms with van der Waals surface area (Å²) in [6.45, 7) is 2.14. The van der Waals surface area contributed by atoms with Crippen molar-refractivity contribution in [3.05, 3.63) is 47.5 Å². The zero-order valence-corrected chi connectivity index (χ0v) is 17.7. The number of carbonyl (C=O) groups is 2. The van der Waals surface area contributed by atoms with E-state index in [0.29, 0.717) is 12.0 Å². The monoisotopic (exact) mass is 478 g/mol. The number of esters is 1. The summed E-state index contributed by atoms with van der Waals surface area (Å²) in [6.07, 6.45) is 4.51. The molecule has 0 saturated heterocycles. The molecule has 5 nitrogen and oxygen atoms in total. The van der Waals surface area contributed by atoms with Gasteiger partial charge in [-0.15, -0.1) is 0 Å². The maximum atomic E-state index is 12.1. The van der Waals surface area contributed by atoms with E-state index < -0.39 is 5.54 Å². The van der Waals surface area contributed by atoms with E-state index in [-0.39, 0.29) is 12.1 Å². The highest BCUT2D eigenvalue weighted by atomic mass is 127. The third-order valence-electron chi connectivity index (χ3n) is 4.98. The summed E-state index contributed by atoms with van der Waals surface area (Å²) in [7, 11) is 1.38. The number of aliphatic imine (C=N–C) groups is 1. The van der Waals surface area contributed by atoms with Crippen molar-refractivity contribution in [1.82, 2.24) is 5.32 Å². The lowest BCUT2D eigenvalue weighted by atomic mass is 9.89. The number of aldehydes is 1. The van der Waals surface area contributed by atoms with Crippen molar-refractivity contribution in [3.63, 3.8) is 0 Å². The van der Waals surface area contributed by atoms with E-state index in [9.17, 15) is 9.59 Å². The Morgan fingerprint density at radius 3 is 2.70 bits per heavy atom. The Hall–Kier alpha value is -1.80. The first-order valence-corrected chi connectivity index (χ1v) is 10.2. The molecule has 2 atom stereocenters. The zero-order chi connectivity index (χ0) is 19.4. The van der Waals surface area contributed by atoms with Crippen molar-refractivity contribution in [1.29, 1.82) is 0 Å². The minimum atomic E-state index is -0.811. The molecule has 1 aliphatic rings. The smallest absolute Gasteiger partial charge is 0.338 e. The number of methoxy groups -OCH3 is 1. The van der Waals surface area contributed by atoms with E-state index in [2.05, 4.69) is 39.8 Å². The van der Waals surface area contributed by atoms with Crippen LogP contribution in [0.15, 0.2) is 41.4 Å². The molecule has 27 heavy (non-hydrogen) atoms. The average Bonchev–Trinajstić information content (AvgIpc) is 3.01. The summed E-state index contributed by atoms with van der Waals surface area (Å²) >= 11 is 2.17. The largest absolute Gasteiger partial charge is 0.465 e. The van der Waals surface area contributed by atoms with Crippen molar-refractivity contribution in [2.24, 2.45) is 4.99 Å². The van der Waals surface area contributed by atoms with Gasteiger partial charge in [-0.25, -0.2) is 4.79 Å². The minimum Gasteiger partial charge on any atom is -0.465 e. The maximum Gasteiger partial charge on any atom is 0.338 e. The number of nitrogens with one attached hydrogen (secondary N) is 1. The molecule has 0 saturated carbocycles. The Morgan fingerprint density at radius 2 is 2.04 bits per heavy atom. The summed E-state index contributed by atoms with van der Waals surface area (Å²) in [4.78, 5) is 28.9. The molecule has 0 bridgehead atoms. The molecular weight excluding hydrogens is 455 g/mol. The summed E-state index contributed by atoms with van der Waals surface area (Å²) in [5.41, 5.74) is 0.716. The number of carbonyl (C=O) groups excluding carboxylic acids is 2. The van der Waals surface area contributed by atoms with Crippen LogP contribution in [0, 0.1) is 0 Å². The Balaban J connectivity index is 1.98. The number of halogens is 1. The molecule has 1 aliphatic heterocycles. The molecular formula is C21H23IN2O3. The van der Waals surface area contributed by atoms with Gasteiger partial charge in [0.15, 0.2) is 0 Å². The number of ether oxygens (including phenoxy) is 1. The van der Waals surface area contributed by atoms with Crippen LogP contribution in [0.1, 0.15) is 42.1 Å². The normalized spacial score (nSPS) is 21.9. The SMILES string of the molecule is CCCCC1N=C(I)C(C=O)(Cc2ccc(C(=O)OC)c3ccccc23)N1. The number of rotatable bonds is 7. The second-order valence-corrected chi connectivity index (χ2v) is 7.82. The van der Waals surface area contributed by atoms with Gasteiger partial charge in [0, 0.05) is 6.42 Å². The standard InChI is InChI=1S/C21H23IN2O3/c1-3-4-9-18-23-20(22)21(13-25,24-18)12-14-10-11-17(19(26)27-2)16-8-6-5-7-15(14)16/h5-8,10-11,13,18,24H,3-4,9,12H2,1-2H3. The third kappa shape index (κ3) is 3.91. The highest BCUT2D eigenvalue weighted by molar-refractivity contribution is 14.1. The summed E-state index contributed by atoms with van der Waals surface area (Å²) in [5.74, 6) is -0.363. The lowest BCUT2D eigenvalue weighted by molar-refractivity contribution is -0.111. The van der Waals surface area contributed by atoms with Gasteiger partial charge < -0.3 is 9.53 Å². The zero-order valence-electron chi connectivity index (χ0n) is 15.5. The molecule has 0 radical (unpaired) electrons. The number of benzene rings is 2. The van der Waals surface area contributed by atoms with Crippen LogP contribution in [-0.4, -0.2) is 34.8 Å². The van der Waals surface area contributed by atoms with Crippen molar-refractivity contribution in [2.45, 2.75) is 44.3 Å². The van der Waals surface area contributed by atoms with E-state index in [1.807, 2.05) is 30.3 Å². The lowest BCUT2D eigenvalue weighted by Crippen LogP contribution is -2.51. The van der Waals surface area contributed by atoms with E-state index in [0.717, 1.165) is 45.6 Å². The van der Waals surface area contributed by atoms with E-state index in [4.69, 9.17) is 4.74 Å². The molecule has 0 amide bonds. The molecule has 2 aromatic carbocycles. The lowest BCUT2D eigenvalue weighted by Gasteiger charge is -2.25. The van der Waals surface area contributed by atoms with Gasteiger partial charge in [-0.1, -0.05) is 50.1 Å². The highest BCUT2D eigenvalue weighted by Crippen LogP contribution is 2.30. The molecule has 1 N–H and O–H groups in total. The first kappa shape index (κ1) is 19.9. The first-order valence-electron chi connectivity index (χ1n) is 9.11. The van der Waals surface area contributed by atoms with Gasteiger partial charge in [-0.2, -0.15) is 0 Å². The molecule has 2 aromatic rings. The quantitative estimate of drug-likeness (QED) is 0.371. The number of hydrogen-bond acceptors (Lipinski definition) is 5. The van der Waals surface area contributed by atoms with E-state index >= 15 is 0 Å². The van der Waals surface area contributed by atoms with Crippen LogP contribution in [0.3, 0.4) is 0 Å². The second kappa shape index (κ2) is 8.48. The van der Waals surface area contributed by atoms with E-state index in [1.165, 1.54) is 7.11 Å². The molecule has 3 rings (SSSR count). The molecule has 0 aliphatic carbocycles. The van der Waals surface area contributed by atoms with Crippen LogP contribution in [0.4, 0.5) is 0 Å². The van der Waals surface area contributed by atoms with Crippen LogP contribution >= 0.6 is 22.6 Å². The van der Waals surface area contributed by atoms with Crippen molar-refractivity contribution < 1.29 is 14.3 Å². The summed E-state index contributed by atoms with van der Waals surface area (Å²) < 4.78 is 5.69. The Labute approximate surface area is 172 Å². The summed E-state index contributed by atoms with van der Waals surface area (Å²) in [5, 5.41) is 5.21. The average molecular weight is 478 g/mol. The number of hydrogen-bond donors (Lipinski definition) is 1. The van der Waals surface area contributed by atoms with Crippen molar-refractivity contribution >= 4 is 49.3 Å². The number of unbranched alkanes of at least 4 members (excludes halogenated alkanes) is 1. The topological polar surface area (TPSA) is 67.8 Å². The van der Waals surface area contributed by atoms with Crippen LogP contribution < -0.4 is 5.32 Å². The van der Waals surface area contributed by atoms with Gasteiger partial charge in [0.25, 0.3) is 0 Å². The Bertz CT molecular complexity index is 896. The van der Waals surface area contributed by atoms with Gasteiger partial charge in [0.05, 0.1) is 12.7 Å². The fraction of sp³-hybridized carbons (Fsp3) is 0.381. The Morgan fingerprint density at radius 1 is 1.30 bits per heavy atom. The van der Waals surface area contributed by atoms with Gasteiger partial charge in [0.2, 0.25) is 0 Å². The second-order valence-electron chi connectivity index (χ2n) is 6.80. The van der Waals surface area contributed by atoms with Gasteiger partial charge in [-0.3, -0.25) is 10.3 Å². The number of nitrogens with zero attached hydrogens (tertiary/aromatic N) is 1. The van der Waals surface area contributed by atoms with Crippen LogP contribution in [-0.2, 0) is 16.0 Å².